The number of hydrogen-bond acceptors (Lipinski definition) is 5. The van der Waals surface area contributed by atoms with Gasteiger partial charge in [0.1, 0.15) is 5.76 Å². The van der Waals surface area contributed by atoms with E-state index in [0.717, 1.165) is 30.8 Å². The third-order valence-corrected chi connectivity index (χ3v) is 3.90. The summed E-state index contributed by atoms with van der Waals surface area (Å²) in [6.07, 6.45) is 2.55. The lowest BCUT2D eigenvalue weighted by Crippen LogP contribution is -2.44. The van der Waals surface area contributed by atoms with E-state index >= 15 is 0 Å². The van der Waals surface area contributed by atoms with E-state index in [1.165, 1.54) is 0 Å². The highest BCUT2D eigenvalue weighted by atomic mass is 16.5. The summed E-state index contributed by atoms with van der Waals surface area (Å²) in [6, 6.07) is 0. The molecule has 1 saturated heterocycles. The van der Waals surface area contributed by atoms with Crippen molar-refractivity contribution in [2.45, 2.75) is 45.1 Å². The third kappa shape index (κ3) is 3.80. The van der Waals surface area contributed by atoms with E-state index in [-0.39, 0.29) is 12.3 Å². The molecule has 112 valence electrons. The summed E-state index contributed by atoms with van der Waals surface area (Å²) in [4.78, 5) is 12.0. The summed E-state index contributed by atoms with van der Waals surface area (Å²) < 4.78 is 5.04. The summed E-state index contributed by atoms with van der Waals surface area (Å²) in [6.45, 7) is 5.64. The van der Waals surface area contributed by atoms with Crippen LogP contribution in [0.25, 0.3) is 0 Å². The van der Waals surface area contributed by atoms with E-state index in [0.29, 0.717) is 25.1 Å². The first-order valence-corrected chi connectivity index (χ1v) is 7.12. The molecular formula is C14H23N3O3. The molecular weight excluding hydrogens is 258 g/mol. The van der Waals surface area contributed by atoms with Crippen molar-refractivity contribution in [3.63, 3.8) is 0 Å². The molecule has 6 heteroatoms. The van der Waals surface area contributed by atoms with Crippen LogP contribution in [0.5, 0.6) is 0 Å². The predicted molar refractivity (Wildman–Crippen MR) is 74.4 cm³/mol. The molecule has 3 N–H and O–H groups in total. The second-order valence-corrected chi connectivity index (χ2v) is 5.58. The van der Waals surface area contributed by atoms with Crippen LogP contribution in [-0.2, 0) is 11.2 Å². The van der Waals surface area contributed by atoms with Gasteiger partial charge in [0, 0.05) is 12.1 Å². The minimum absolute atomic E-state index is 0.106. The Morgan fingerprint density at radius 2 is 2.25 bits per heavy atom. The van der Waals surface area contributed by atoms with Crippen LogP contribution in [0.2, 0.25) is 0 Å². The second-order valence-electron chi connectivity index (χ2n) is 5.58. The number of amides is 1. The Bertz CT molecular complexity index is 443. The first kappa shape index (κ1) is 15.0. The Balaban J connectivity index is 1.85. The topological polar surface area (TPSA) is 87.4 Å². The van der Waals surface area contributed by atoms with Crippen molar-refractivity contribution >= 4 is 5.91 Å². The Labute approximate surface area is 118 Å². The van der Waals surface area contributed by atoms with Crippen molar-refractivity contribution in [1.29, 1.82) is 0 Å². The zero-order valence-electron chi connectivity index (χ0n) is 12.2. The SMILES string of the molecule is Cc1noc(C)c1CC(=O)NC[C@]1(O)CCCNCC1. The molecule has 2 heterocycles. The number of hydrogen-bond donors (Lipinski definition) is 3. The van der Waals surface area contributed by atoms with Crippen LogP contribution >= 0.6 is 0 Å². The lowest BCUT2D eigenvalue weighted by molar-refractivity contribution is -0.121. The van der Waals surface area contributed by atoms with Crippen LogP contribution in [0.15, 0.2) is 4.52 Å². The average molecular weight is 281 g/mol. The maximum Gasteiger partial charge on any atom is 0.224 e. The number of nitrogens with one attached hydrogen (secondary N) is 2. The number of nitrogens with zero attached hydrogens (tertiary/aromatic N) is 1. The summed E-state index contributed by atoms with van der Waals surface area (Å²) >= 11 is 0. The minimum Gasteiger partial charge on any atom is -0.388 e. The highest BCUT2D eigenvalue weighted by molar-refractivity contribution is 5.79. The number of carbonyl (C=O) groups is 1. The normalized spacial score (nSPS) is 23.4. The van der Waals surface area contributed by atoms with Crippen molar-refractivity contribution in [1.82, 2.24) is 15.8 Å². The van der Waals surface area contributed by atoms with Gasteiger partial charge in [0.2, 0.25) is 5.91 Å². The van der Waals surface area contributed by atoms with E-state index in [2.05, 4.69) is 15.8 Å². The second kappa shape index (κ2) is 6.37. The van der Waals surface area contributed by atoms with Crippen molar-refractivity contribution in [2.24, 2.45) is 0 Å². The van der Waals surface area contributed by atoms with Crippen LogP contribution in [0.1, 0.15) is 36.3 Å². The number of carbonyl (C=O) groups excluding carboxylic acids is 1. The lowest BCUT2D eigenvalue weighted by Gasteiger charge is -2.26. The van der Waals surface area contributed by atoms with E-state index in [1.807, 2.05) is 6.92 Å². The summed E-state index contributed by atoms with van der Waals surface area (Å²) in [5.74, 6) is 0.569. The highest BCUT2D eigenvalue weighted by Gasteiger charge is 2.28. The molecule has 1 fully saturated rings. The molecule has 0 spiro atoms. The molecule has 6 nitrogen and oxygen atoms in total. The first-order valence-electron chi connectivity index (χ1n) is 7.12. The molecule has 1 aromatic rings. The third-order valence-electron chi connectivity index (χ3n) is 3.90. The van der Waals surface area contributed by atoms with E-state index < -0.39 is 5.60 Å². The van der Waals surface area contributed by atoms with Gasteiger partial charge in [-0.25, -0.2) is 0 Å². The quantitative estimate of drug-likeness (QED) is 0.746. The molecule has 20 heavy (non-hydrogen) atoms. The van der Waals surface area contributed by atoms with Gasteiger partial charge in [-0.05, 0) is 46.2 Å². The molecule has 1 aliphatic rings. The molecule has 0 saturated carbocycles. The van der Waals surface area contributed by atoms with Crippen molar-refractivity contribution in [3.8, 4) is 0 Å². The molecule has 0 aliphatic carbocycles. The van der Waals surface area contributed by atoms with Gasteiger partial charge < -0.3 is 20.3 Å². The fraction of sp³-hybridized carbons (Fsp3) is 0.714. The minimum atomic E-state index is -0.794. The van der Waals surface area contributed by atoms with E-state index in [4.69, 9.17) is 4.52 Å². The number of aryl methyl sites for hydroxylation is 2. The van der Waals surface area contributed by atoms with Gasteiger partial charge in [-0.2, -0.15) is 0 Å². The highest BCUT2D eigenvalue weighted by Crippen LogP contribution is 2.18. The van der Waals surface area contributed by atoms with Crippen LogP contribution < -0.4 is 10.6 Å². The molecule has 1 amide bonds. The predicted octanol–water partition coefficient (Wildman–Crippen LogP) is 0.455. The Morgan fingerprint density at radius 1 is 1.45 bits per heavy atom. The van der Waals surface area contributed by atoms with E-state index in [1.54, 1.807) is 6.92 Å². The smallest absolute Gasteiger partial charge is 0.224 e. The van der Waals surface area contributed by atoms with Gasteiger partial charge in [0.15, 0.2) is 0 Å². The van der Waals surface area contributed by atoms with Crippen molar-refractivity contribution in [2.75, 3.05) is 19.6 Å². The Hall–Kier alpha value is -1.40. The van der Waals surface area contributed by atoms with Gasteiger partial charge in [0.05, 0.1) is 17.7 Å². The fourth-order valence-electron chi connectivity index (χ4n) is 2.53. The van der Waals surface area contributed by atoms with Crippen molar-refractivity contribution < 1.29 is 14.4 Å². The maximum absolute atomic E-state index is 12.0. The maximum atomic E-state index is 12.0. The first-order chi connectivity index (χ1) is 9.50. The van der Waals surface area contributed by atoms with Crippen LogP contribution in [-0.4, -0.2) is 41.4 Å². The van der Waals surface area contributed by atoms with Gasteiger partial charge >= 0.3 is 0 Å². The van der Waals surface area contributed by atoms with Crippen LogP contribution in [0.3, 0.4) is 0 Å². The van der Waals surface area contributed by atoms with Crippen molar-refractivity contribution in [3.05, 3.63) is 17.0 Å². The van der Waals surface area contributed by atoms with Gasteiger partial charge in [-0.3, -0.25) is 4.79 Å². The fourth-order valence-corrected chi connectivity index (χ4v) is 2.53. The summed E-state index contributed by atoms with van der Waals surface area (Å²) in [7, 11) is 0. The molecule has 0 aromatic carbocycles. The number of aliphatic hydroxyl groups is 1. The molecule has 1 aliphatic heterocycles. The molecule has 2 rings (SSSR count). The Kier molecular flexibility index (Phi) is 4.77. The van der Waals surface area contributed by atoms with Gasteiger partial charge in [0.25, 0.3) is 0 Å². The summed E-state index contributed by atoms with van der Waals surface area (Å²) in [5.41, 5.74) is 0.782. The Morgan fingerprint density at radius 3 is 2.95 bits per heavy atom. The largest absolute Gasteiger partial charge is 0.388 e. The molecule has 0 bridgehead atoms. The number of rotatable bonds is 4. The van der Waals surface area contributed by atoms with Gasteiger partial charge in [-0.15, -0.1) is 0 Å². The van der Waals surface area contributed by atoms with Crippen LogP contribution in [0, 0.1) is 13.8 Å². The number of aromatic nitrogens is 1. The zero-order valence-corrected chi connectivity index (χ0v) is 12.2. The van der Waals surface area contributed by atoms with E-state index in [9.17, 15) is 9.90 Å². The molecule has 0 unspecified atom stereocenters. The summed E-state index contributed by atoms with van der Waals surface area (Å²) in [5, 5.41) is 20.4. The monoisotopic (exact) mass is 281 g/mol. The zero-order chi connectivity index (χ0) is 14.6. The molecule has 1 aromatic heterocycles. The molecule has 0 radical (unpaired) electrons. The lowest BCUT2D eigenvalue weighted by atomic mass is 9.95. The molecule has 1 atom stereocenters. The van der Waals surface area contributed by atoms with Crippen LogP contribution in [0.4, 0.5) is 0 Å². The average Bonchev–Trinajstić information content (AvgIpc) is 2.63. The van der Waals surface area contributed by atoms with Gasteiger partial charge in [-0.1, -0.05) is 5.16 Å². The standard InChI is InChI=1S/C14H23N3O3/c1-10-12(11(2)20-17-10)8-13(18)16-9-14(19)4-3-6-15-7-5-14/h15,19H,3-9H2,1-2H3,(H,16,18)/t14-/m0/s1.